The molecule has 0 saturated carbocycles. The highest BCUT2D eigenvalue weighted by Crippen LogP contribution is 2.21. The summed E-state index contributed by atoms with van der Waals surface area (Å²) in [5, 5.41) is 5.27. The molecule has 8 nitrogen and oxygen atoms in total. The van der Waals surface area contributed by atoms with E-state index in [2.05, 4.69) is 15.4 Å². The molecule has 2 amide bonds. The minimum atomic E-state index is -4.11. The number of sulfonamides is 1. The molecule has 0 heterocycles. The number of para-hydroxylation sites is 1. The fraction of sp³-hybridized carbons (Fsp3) is 0.130. The molecule has 0 aromatic heterocycles. The second-order valence-corrected chi connectivity index (χ2v) is 8.52. The van der Waals surface area contributed by atoms with E-state index in [4.69, 9.17) is 4.74 Å². The van der Waals surface area contributed by atoms with Crippen LogP contribution < -0.4 is 20.1 Å². The number of benzene rings is 3. The summed E-state index contributed by atoms with van der Waals surface area (Å²) < 4.78 is 46.6. The SMILES string of the molecule is CCNC(=O)COc1ccc(NC(=O)c2cccc(S(=O)(=O)Nc3ccccc3F)c2)cc1. The van der Waals surface area contributed by atoms with Gasteiger partial charge in [-0.2, -0.15) is 0 Å². The zero-order valence-electron chi connectivity index (χ0n) is 17.7. The maximum Gasteiger partial charge on any atom is 0.262 e. The molecule has 0 atom stereocenters. The first-order valence-corrected chi connectivity index (χ1v) is 11.4. The van der Waals surface area contributed by atoms with Crippen molar-refractivity contribution >= 4 is 33.2 Å². The Labute approximate surface area is 190 Å². The molecule has 3 rings (SSSR count). The summed E-state index contributed by atoms with van der Waals surface area (Å²) >= 11 is 0. The van der Waals surface area contributed by atoms with Crippen LogP contribution in [0.5, 0.6) is 5.75 Å². The first kappa shape index (κ1) is 23.7. The number of amides is 2. The van der Waals surface area contributed by atoms with E-state index in [-0.39, 0.29) is 28.7 Å². The first-order valence-electron chi connectivity index (χ1n) is 9.97. The van der Waals surface area contributed by atoms with Gasteiger partial charge >= 0.3 is 0 Å². The summed E-state index contributed by atoms with van der Waals surface area (Å²) in [5.41, 5.74) is 0.355. The third kappa shape index (κ3) is 6.53. The van der Waals surface area contributed by atoms with E-state index in [0.717, 1.165) is 6.07 Å². The molecular weight excluding hydrogens is 449 g/mol. The van der Waals surface area contributed by atoms with Gasteiger partial charge in [0.05, 0.1) is 10.6 Å². The number of hydrogen-bond donors (Lipinski definition) is 3. The standard InChI is InChI=1S/C23H22FN3O5S/c1-2-25-22(28)15-32-18-12-10-17(11-13-18)26-23(29)16-6-5-7-19(14-16)33(30,31)27-21-9-4-3-8-20(21)24/h3-14,27H,2,15H2,1H3,(H,25,28)(H,26,29). The Kier molecular flexibility index (Phi) is 7.62. The molecule has 0 unspecified atom stereocenters. The van der Waals surface area contributed by atoms with Crippen LogP contribution in [-0.4, -0.2) is 33.4 Å². The summed E-state index contributed by atoms with van der Waals surface area (Å²) in [4.78, 5) is 23.9. The molecule has 3 aromatic rings. The highest BCUT2D eigenvalue weighted by Gasteiger charge is 2.18. The summed E-state index contributed by atoms with van der Waals surface area (Å²) in [6.45, 7) is 2.19. The van der Waals surface area contributed by atoms with Crippen LogP contribution in [0.1, 0.15) is 17.3 Å². The Morgan fingerprint density at radius 2 is 1.70 bits per heavy atom. The molecule has 0 aliphatic rings. The Hall–Kier alpha value is -3.92. The number of likely N-dealkylation sites (N-methyl/N-ethyl adjacent to an activating group) is 1. The van der Waals surface area contributed by atoms with Crippen LogP contribution in [0.4, 0.5) is 15.8 Å². The normalized spacial score (nSPS) is 10.8. The van der Waals surface area contributed by atoms with Gasteiger partial charge < -0.3 is 15.4 Å². The van der Waals surface area contributed by atoms with Gasteiger partial charge in [0.15, 0.2) is 6.61 Å². The van der Waals surface area contributed by atoms with Crippen molar-refractivity contribution in [1.82, 2.24) is 5.32 Å². The topological polar surface area (TPSA) is 114 Å². The van der Waals surface area contributed by atoms with Crippen LogP contribution in [-0.2, 0) is 14.8 Å². The average molecular weight is 472 g/mol. The number of hydrogen-bond acceptors (Lipinski definition) is 5. The van der Waals surface area contributed by atoms with Crippen molar-refractivity contribution in [2.75, 3.05) is 23.2 Å². The lowest BCUT2D eigenvalue weighted by atomic mass is 10.2. The Balaban J connectivity index is 1.67. The van der Waals surface area contributed by atoms with Crippen LogP contribution >= 0.6 is 0 Å². The highest BCUT2D eigenvalue weighted by molar-refractivity contribution is 7.92. The van der Waals surface area contributed by atoms with Crippen LogP contribution in [0.25, 0.3) is 0 Å². The second kappa shape index (κ2) is 10.6. The van der Waals surface area contributed by atoms with Crippen LogP contribution in [0.2, 0.25) is 0 Å². The van der Waals surface area contributed by atoms with Crippen molar-refractivity contribution in [1.29, 1.82) is 0 Å². The zero-order chi connectivity index (χ0) is 23.8. The third-order valence-electron chi connectivity index (χ3n) is 4.38. The summed E-state index contributed by atoms with van der Waals surface area (Å²) in [6, 6.07) is 17.1. The largest absolute Gasteiger partial charge is 0.484 e. The van der Waals surface area contributed by atoms with Crippen molar-refractivity contribution in [3.63, 3.8) is 0 Å². The molecule has 3 aromatic carbocycles. The second-order valence-electron chi connectivity index (χ2n) is 6.83. The highest BCUT2D eigenvalue weighted by atomic mass is 32.2. The van der Waals surface area contributed by atoms with Gasteiger partial charge in [0, 0.05) is 17.8 Å². The smallest absolute Gasteiger partial charge is 0.262 e. The van der Waals surface area contributed by atoms with E-state index in [1.54, 1.807) is 31.2 Å². The Morgan fingerprint density at radius 1 is 0.970 bits per heavy atom. The fourth-order valence-electron chi connectivity index (χ4n) is 2.79. The predicted octanol–water partition coefficient (Wildman–Crippen LogP) is 3.39. The third-order valence-corrected chi connectivity index (χ3v) is 5.74. The summed E-state index contributed by atoms with van der Waals surface area (Å²) in [6.07, 6.45) is 0. The lowest BCUT2D eigenvalue weighted by Gasteiger charge is -2.11. The van der Waals surface area contributed by atoms with Crippen molar-refractivity contribution < 1.29 is 27.1 Å². The average Bonchev–Trinajstić information content (AvgIpc) is 2.80. The van der Waals surface area contributed by atoms with Gasteiger partial charge in [-0.1, -0.05) is 18.2 Å². The molecule has 10 heteroatoms. The van der Waals surface area contributed by atoms with E-state index >= 15 is 0 Å². The van der Waals surface area contributed by atoms with E-state index in [9.17, 15) is 22.4 Å². The molecule has 0 bridgehead atoms. The van der Waals surface area contributed by atoms with Crippen molar-refractivity contribution in [2.45, 2.75) is 11.8 Å². The maximum absolute atomic E-state index is 13.8. The quantitative estimate of drug-likeness (QED) is 0.443. The van der Waals surface area contributed by atoms with Crippen molar-refractivity contribution in [3.8, 4) is 5.75 Å². The van der Waals surface area contributed by atoms with Crippen LogP contribution in [0.15, 0.2) is 77.7 Å². The number of carbonyl (C=O) groups is 2. The Bertz CT molecular complexity index is 1250. The molecule has 0 aliphatic heterocycles. The zero-order valence-corrected chi connectivity index (χ0v) is 18.5. The molecule has 0 spiro atoms. The van der Waals surface area contributed by atoms with Crippen LogP contribution in [0.3, 0.4) is 0 Å². The van der Waals surface area contributed by atoms with E-state index in [1.165, 1.54) is 42.5 Å². The van der Waals surface area contributed by atoms with Gasteiger partial charge in [0.2, 0.25) is 0 Å². The number of anilines is 2. The number of halogens is 1. The fourth-order valence-corrected chi connectivity index (χ4v) is 3.90. The maximum atomic E-state index is 13.8. The van der Waals surface area contributed by atoms with E-state index in [1.807, 2.05) is 0 Å². The lowest BCUT2D eigenvalue weighted by molar-refractivity contribution is -0.122. The molecule has 33 heavy (non-hydrogen) atoms. The van der Waals surface area contributed by atoms with Crippen molar-refractivity contribution in [3.05, 3.63) is 84.2 Å². The minimum Gasteiger partial charge on any atom is -0.484 e. The molecule has 0 aliphatic carbocycles. The molecule has 0 saturated heterocycles. The van der Waals surface area contributed by atoms with Gasteiger partial charge in [-0.25, -0.2) is 12.8 Å². The first-order chi connectivity index (χ1) is 15.8. The number of carbonyl (C=O) groups excluding carboxylic acids is 2. The molecule has 3 N–H and O–H groups in total. The number of ether oxygens (including phenoxy) is 1. The van der Waals surface area contributed by atoms with Gasteiger partial charge in [0.1, 0.15) is 11.6 Å². The Morgan fingerprint density at radius 3 is 2.39 bits per heavy atom. The van der Waals surface area contributed by atoms with Crippen molar-refractivity contribution in [2.24, 2.45) is 0 Å². The lowest BCUT2D eigenvalue weighted by Crippen LogP contribution is -2.28. The summed E-state index contributed by atoms with van der Waals surface area (Å²) in [7, 11) is -4.11. The molecule has 0 fully saturated rings. The van der Waals surface area contributed by atoms with E-state index in [0.29, 0.717) is 18.0 Å². The minimum absolute atomic E-state index is 0.1000. The number of nitrogens with one attached hydrogen (secondary N) is 3. The monoisotopic (exact) mass is 471 g/mol. The van der Waals surface area contributed by atoms with Gasteiger partial charge in [-0.3, -0.25) is 14.3 Å². The predicted molar refractivity (Wildman–Crippen MR) is 122 cm³/mol. The van der Waals surface area contributed by atoms with Gasteiger partial charge in [-0.15, -0.1) is 0 Å². The molecule has 172 valence electrons. The number of rotatable bonds is 9. The van der Waals surface area contributed by atoms with Gasteiger partial charge in [0.25, 0.3) is 21.8 Å². The van der Waals surface area contributed by atoms with Crippen LogP contribution in [0, 0.1) is 5.82 Å². The van der Waals surface area contributed by atoms with Gasteiger partial charge in [-0.05, 0) is 61.5 Å². The molecular formula is C23H22FN3O5S. The molecule has 0 radical (unpaired) electrons. The van der Waals surface area contributed by atoms with E-state index < -0.39 is 21.7 Å². The summed E-state index contributed by atoms with van der Waals surface area (Å²) in [5.74, 6) is -1.04.